The van der Waals surface area contributed by atoms with Crippen molar-refractivity contribution >= 4 is 17.9 Å². The second kappa shape index (κ2) is 4.32. The molecular formula is C8H3ClF5NO. The highest BCUT2D eigenvalue weighted by atomic mass is 35.5. The van der Waals surface area contributed by atoms with Gasteiger partial charge in [-0.05, 0) is 0 Å². The van der Waals surface area contributed by atoms with Crippen LogP contribution in [0.3, 0.4) is 0 Å². The minimum absolute atomic E-state index is 0.175. The normalized spacial score (nSPS) is 11.9. The van der Waals surface area contributed by atoms with Gasteiger partial charge in [-0.1, -0.05) is 11.6 Å². The van der Waals surface area contributed by atoms with Gasteiger partial charge in [0.1, 0.15) is 5.69 Å². The van der Waals surface area contributed by atoms with E-state index in [1.54, 1.807) is 0 Å². The first-order chi connectivity index (χ1) is 7.29. The van der Waals surface area contributed by atoms with Gasteiger partial charge in [-0.2, -0.15) is 13.2 Å². The zero-order valence-corrected chi connectivity index (χ0v) is 8.11. The minimum atomic E-state index is -4.84. The number of carbonyl (C=O) groups excluding carboxylic acids is 1. The molecule has 0 fully saturated rings. The zero-order chi connectivity index (χ0) is 12.5. The van der Waals surface area contributed by atoms with Gasteiger partial charge in [-0.25, -0.2) is 8.78 Å². The molecule has 0 atom stereocenters. The molecular weight excluding hydrogens is 257 g/mol. The first-order valence-electron chi connectivity index (χ1n) is 3.78. The quantitative estimate of drug-likeness (QED) is 0.601. The fraction of sp³-hybridized carbons (Fsp3) is 0.250. The van der Waals surface area contributed by atoms with Crippen molar-refractivity contribution in [2.24, 2.45) is 0 Å². The molecule has 1 heterocycles. The third kappa shape index (κ3) is 2.29. The van der Waals surface area contributed by atoms with E-state index in [1.165, 1.54) is 0 Å². The van der Waals surface area contributed by atoms with Crippen molar-refractivity contribution in [1.29, 1.82) is 0 Å². The summed E-state index contributed by atoms with van der Waals surface area (Å²) in [5, 5.41) is -1.06. The van der Waals surface area contributed by atoms with Gasteiger partial charge >= 0.3 is 6.18 Å². The minimum Gasteiger partial charge on any atom is -0.298 e. The highest BCUT2D eigenvalue weighted by molar-refractivity contribution is 6.33. The molecule has 0 unspecified atom stereocenters. The van der Waals surface area contributed by atoms with Crippen molar-refractivity contribution < 1.29 is 26.7 Å². The van der Waals surface area contributed by atoms with Gasteiger partial charge < -0.3 is 0 Å². The predicted octanol–water partition coefficient (Wildman–Crippen LogP) is 3.50. The van der Waals surface area contributed by atoms with Crippen LogP contribution in [0, 0.1) is 0 Å². The molecule has 0 radical (unpaired) electrons. The Morgan fingerprint density at radius 3 is 2.31 bits per heavy atom. The summed E-state index contributed by atoms with van der Waals surface area (Å²) in [6, 6.07) is 0. The number of hydrogen-bond acceptors (Lipinski definition) is 2. The van der Waals surface area contributed by atoms with Gasteiger partial charge in [0, 0.05) is 6.20 Å². The Bertz CT molecular complexity index is 418. The van der Waals surface area contributed by atoms with Gasteiger partial charge in [0.05, 0.1) is 16.1 Å². The topological polar surface area (TPSA) is 30.0 Å². The molecule has 0 aliphatic heterocycles. The molecule has 2 nitrogen and oxygen atoms in total. The first-order valence-corrected chi connectivity index (χ1v) is 4.15. The number of hydrogen-bond donors (Lipinski definition) is 0. The maximum absolute atomic E-state index is 12.3. The average Bonchev–Trinajstić information content (AvgIpc) is 2.14. The fourth-order valence-corrected chi connectivity index (χ4v) is 1.30. The second-order valence-electron chi connectivity index (χ2n) is 2.70. The summed E-state index contributed by atoms with van der Waals surface area (Å²) in [6.45, 7) is 0. The van der Waals surface area contributed by atoms with Crippen molar-refractivity contribution in [1.82, 2.24) is 4.98 Å². The van der Waals surface area contributed by atoms with Gasteiger partial charge in [0.2, 0.25) is 0 Å². The smallest absolute Gasteiger partial charge is 0.298 e. The molecule has 0 aliphatic carbocycles. The molecule has 0 spiro atoms. The standard InChI is InChI=1S/C8H3ClF5NO/c9-5-3(2-16)6(7(10)11)15-1-4(5)8(12,13)14/h1-2,7H. The third-order valence-corrected chi connectivity index (χ3v) is 2.12. The monoisotopic (exact) mass is 259 g/mol. The van der Waals surface area contributed by atoms with Crippen LogP contribution in [0.1, 0.15) is 28.0 Å². The molecule has 0 saturated heterocycles. The number of aromatic nitrogens is 1. The van der Waals surface area contributed by atoms with E-state index < -0.39 is 34.4 Å². The van der Waals surface area contributed by atoms with Crippen LogP contribution in [0.5, 0.6) is 0 Å². The molecule has 8 heteroatoms. The van der Waals surface area contributed by atoms with Gasteiger partial charge in [-0.3, -0.25) is 9.78 Å². The van der Waals surface area contributed by atoms with Crippen molar-refractivity contribution in [2.75, 3.05) is 0 Å². The van der Waals surface area contributed by atoms with Crippen LogP contribution >= 0.6 is 11.6 Å². The summed E-state index contributed by atoms with van der Waals surface area (Å²) >= 11 is 5.22. The van der Waals surface area contributed by atoms with Crippen LogP contribution in [0.15, 0.2) is 6.20 Å². The number of halogens is 6. The van der Waals surface area contributed by atoms with Crippen LogP contribution < -0.4 is 0 Å². The van der Waals surface area contributed by atoms with E-state index in [0.717, 1.165) is 0 Å². The first kappa shape index (κ1) is 12.8. The molecule has 0 aliphatic rings. The Balaban J connectivity index is 3.46. The SMILES string of the molecule is O=Cc1c(C(F)F)ncc(C(F)(F)F)c1Cl. The molecule has 0 aromatic carbocycles. The lowest BCUT2D eigenvalue weighted by atomic mass is 10.1. The van der Waals surface area contributed by atoms with Gasteiger partial charge in [-0.15, -0.1) is 0 Å². The molecule has 1 aromatic rings. The highest BCUT2D eigenvalue weighted by Gasteiger charge is 2.36. The lowest BCUT2D eigenvalue weighted by Gasteiger charge is -2.11. The number of carbonyl (C=O) groups is 1. The lowest BCUT2D eigenvalue weighted by Crippen LogP contribution is -2.10. The zero-order valence-electron chi connectivity index (χ0n) is 7.36. The second-order valence-corrected chi connectivity index (χ2v) is 3.08. The fourth-order valence-electron chi connectivity index (χ4n) is 1.00. The van der Waals surface area contributed by atoms with E-state index in [-0.39, 0.29) is 12.5 Å². The van der Waals surface area contributed by atoms with Crippen molar-refractivity contribution in [3.05, 3.63) is 28.0 Å². The summed E-state index contributed by atoms with van der Waals surface area (Å²) in [4.78, 5) is 13.3. The Kier molecular flexibility index (Phi) is 3.47. The van der Waals surface area contributed by atoms with Crippen LogP contribution in [-0.4, -0.2) is 11.3 Å². The van der Waals surface area contributed by atoms with Crippen molar-refractivity contribution in [2.45, 2.75) is 12.6 Å². The number of aldehydes is 1. The van der Waals surface area contributed by atoms with Crippen LogP contribution in [0.4, 0.5) is 22.0 Å². The molecule has 1 aromatic heterocycles. The Morgan fingerprint density at radius 2 is 1.94 bits per heavy atom. The molecule has 16 heavy (non-hydrogen) atoms. The molecule has 0 saturated carbocycles. The average molecular weight is 260 g/mol. The molecule has 1 rings (SSSR count). The van der Waals surface area contributed by atoms with E-state index in [1.807, 2.05) is 0 Å². The Hall–Kier alpha value is -1.24. The molecule has 0 N–H and O–H groups in total. The summed E-state index contributed by atoms with van der Waals surface area (Å²) < 4.78 is 61.3. The lowest BCUT2D eigenvalue weighted by molar-refractivity contribution is -0.137. The maximum atomic E-state index is 12.3. The van der Waals surface area contributed by atoms with E-state index in [2.05, 4.69) is 4.98 Å². The summed E-state index contributed by atoms with van der Waals surface area (Å²) in [5.41, 5.74) is -3.42. The Labute approximate surface area is 91.0 Å². The summed E-state index contributed by atoms with van der Waals surface area (Å²) in [5.74, 6) is 0. The van der Waals surface area contributed by atoms with E-state index in [4.69, 9.17) is 11.6 Å². The van der Waals surface area contributed by atoms with E-state index in [9.17, 15) is 26.7 Å². The van der Waals surface area contributed by atoms with Gasteiger partial charge in [0.15, 0.2) is 6.29 Å². The predicted molar refractivity (Wildman–Crippen MR) is 44.6 cm³/mol. The summed E-state index contributed by atoms with van der Waals surface area (Å²) in [7, 11) is 0. The van der Waals surface area contributed by atoms with Gasteiger partial charge in [0.25, 0.3) is 6.43 Å². The molecule has 0 bridgehead atoms. The number of alkyl halides is 5. The Morgan fingerprint density at radius 1 is 1.38 bits per heavy atom. The molecule has 88 valence electrons. The maximum Gasteiger partial charge on any atom is 0.419 e. The van der Waals surface area contributed by atoms with Crippen molar-refractivity contribution in [3.8, 4) is 0 Å². The van der Waals surface area contributed by atoms with E-state index >= 15 is 0 Å². The largest absolute Gasteiger partial charge is 0.419 e. The van der Waals surface area contributed by atoms with Crippen molar-refractivity contribution in [3.63, 3.8) is 0 Å². The number of rotatable bonds is 2. The van der Waals surface area contributed by atoms with Crippen LogP contribution in [-0.2, 0) is 6.18 Å². The third-order valence-electron chi connectivity index (χ3n) is 1.71. The van der Waals surface area contributed by atoms with Crippen LogP contribution in [0.25, 0.3) is 0 Å². The van der Waals surface area contributed by atoms with Crippen LogP contribution in [0.2, 0.25) is 5.02 Å². The summed E-state index contributed by atoms with van der Waals surface area (Å²) in [6.07, 6.45) is -8.01. The molecule has 0 amide bonds. The highest BCUT2D eigenvalue weighted by Crippen LogP contribution is 2.37. The number of pyridine rings is 1. The van der Waals surface area contributed by atoms with E-state index in [0.29, 0.717) is 0 Å². The number of nitrogens with zero attached hydrogens (tertiary/aromatic N) is 1.